The van der Waals surface area contributed by atoms with Crippen molar-refractivity contribution in [3.8, 4) is 0 Å². The molecule has 2 aromatic rings. The first-order valence-electron chi connectivity index (χ1n) is 5.80. The quantitative estimate of drug-likeness (QED) is 0.865. The summed E-state index contributed by atoms with van der Waals surface area (Å²) in [5.74, 6) is 0.298. The number of nitrogens with zero attached hydrogens (tertiary/aromatic N) is 3. The van der Waals surface area contributed by atoms with Crippen molar-refractivity contribution in [2.24, 2.45) is 7.05 Å². The van der Waals surface area contributed by atoms with E-state index in [1.165, 1.54) is 0 Å². The molecule has 0 aliphatic carbocycles. The van der Waals surface area contributed by atoms with Crippen LogP contribution in [0.5, 0.6) is 0 Å². The van der Waals surface area contributed by atoms with Gasteiger partial charge in [-0.2, -0.15) is 5.10 Å². The Labute approximate surface area is 111 Å². The lowest BCUT2D eigenvalue weighted by Gasteiger charge is -2.05. The van der Waals surface area contributed by atoms with E-state index in [1.807, 2.05) is 13.2 Å². The Morgan fingerprint density at radius 3 is 2.68 bits per heavy atom. The third-order valence-corrected chi connectivity index (χ3v) is 4.41. The molecule has 2 heterocycles. The SMILES string of the molecule is Cc1noc(C)c1S(=O)(=O)NCCc1cnn(C)c1. The third kappa shape index (κ3) is 3.02. The fraction of sp³-hybridized carbons (Fsp3) is 0.455. The van der Waals surface area contributed by atoms with Gasteiger partial charge >= 0.3 is 0 Å². The second-order valence-corrected chi connectivity index (χ2v) is 6.03. The molecular formula is C11H16N4O3S. The van der Waals surface area contributed by atoms with Crippen molar-refractivity contribution in [2.75, 3.05) is 6.54 Å². The summed E-state index contributed by atoms with van der Waals surface area (Å²) in [5.41, 5.74) is 1.34. The van der Waals surface area contributed by atoms with Gasteiger partial charge in [-0.15, -0.1) is 0 Å². The van der Waals surface area contributed by atoms with Gasteiger partial charge in [-0.1, -0.05) is 5.16 Å². The molecule has 0 bridgehead atoms. The highest BCUT2D eigenvalue weighted by atomic mass is 32.2. The minimum absolute atomic E-state index is 0.124. The average Bonchev–Trinajstić information content (AvgIpc) is 2.86. The standard InChI is InChI=1S/C11H16N4O3S/c1-8-11(9(2)18-14-8)19(16,17)13-5-4-10-6-12-15(3)7-10/h6-7,13H,4-5H2,1-3H3. The molecule has 0 fully saturated rings. The zero-order valence-electron chi connectivity index (χ0n) is 11.0. The summed E-state index contributed by atoms with van der Waals surface area (Å²) in [4.78, 5) is 0.124. The van der Waals surface area contributed by atoms with Gasteiger partial charge in [-0.3, -0.25) is 4.68 Å². The molecule has 0 radical (unpaired) electrons. The first-order valence-corrected chi connectivity index (χ1v) is 7.28. The van der Waals surface area contributed by atoms with Crippen LogP contribution in [0.2, 0.25) is 0 Å². The van der Waals surface area contributed by atoms with Crippen molar-refractivity contribution in [3.05, 3.63) is 29.4 Å². The van der Waals surface area contributed by atoms with Gasteiger partial charge in [0.1, 0.15) is 10.6 Å². The lowest BCUT2D eigenvalue weighted by atomic mass is 10.3. The van der Waals surface area contributed by atoms with Crippen LogP contribution >= 0.6 is 0 Å². The van der Waals surface area contributed by atoms with E-state index in [0.717, 1.165) is 5.56 Å². The molecule has 0 aromatic carbocycles. The Bertz CT molecular complexity index is 652. The molecule has 0 aliphatic heterocycles. The molecule has 0 saturated heterocycles. The molecule has 0 spiro atoms. The lowest BCUT2D eigenvalue weighted by molar-refractivity contribution is 0.390. The Morgan fingerprint density at radius 1 is 1.42 bits per heavy atom. The van der Waals surface area contributed by atoms with Crippen LogP contribution in [0.25, 0.3) is 0 Å². The Morgan fingerprint density at radius 2 is 2.16 bits per heavy atom. The number of hydrogen-bond donors (Lipinski definition) is 1. The molecule has 0 atom stereocenters. The Hall–Kier alpha value is -1.67. The van der Waals surface area contributed by atoms with Crippen molar-refractivity contribution in [3.63, 3.8) is 0 Å². The van der Waals surface area contributed by atoms with E-state index in [4.69, 9.17) is 4.52 Å². The maximum absolute atomic E-state index is 12.1. The zero-order valence-corrected chi connectivity index (χ0v) is 11.9. The summed E-state index contributed by atoms with van der Waals surface area (Å²) in [6, 6.07) is 0. The number of rotatable bonds is 5. The summed E-state index contributed by atoms with van der Waals surface area (Å²) in [5, 5.41) is 7.67. The second-order valence-electron chi connectivity index (χ2n) is 4.32. The van der Waals surface area contributed by atoms with Crippen LogP contribution < -0.4 is 4.72 Å². The number of aryl methyl sites for hydroxylation is 3. The molecule has 104 valence electrons. The molecule has 0 amide bonds. The van der Waals surface area contributed by atoms with Crippen LogP contribution in [0, 0.1) is 13.8 Å². The summed E-state index contributed by atoms with van der Waals surface area (Å²) in [6.07, 6.45) is 4.14. The fourth-order valence-corrected chi connectivity index (χ4v) is 3.22. The van der Waals surface area contributed by atoms with E-state index in [-0.39, 0.29) is 4.90 Å². The van der Waals surface area contributed by atoms with Crippen LogP contribution in [0.4, 0.5) is 0 Å². The van der Waals surface area contributed by atoms with Crippen LogP contribution in [0.3, 0.4) is 0 Å². The van der Waals surface area contributed by atoms with Crippen molar-refractivity contribution in [2.45, 2.75) is 25.2 Å². The van der Waals surface area contributed by atoms with E-state index in [0.29, 0.717) is 24.4 Å². The molecule has 0 saturated carbocycles. The number of nitrogens with one attached hydrogen (secondary N) is 1. The van der Waals surface area contributed by atoms with Crippen LogP contribution in [-0.2, 0) is 23.5 Å². The molecule has 7 nitrogen and oxygen atoms in total. The smallest absolute Gasteiger partial charge is 0.245 e. The fourth-order valence-electron chi connectivity index (χ4n) is 1.86. The zero-order chi connectivity index (χ0) is 14.0. The van der Waals surface area contributed by atoms with Crippen molar-refractivity contribution in [1.29, 1.82) is 0 Å². The monoisotopic (exact) mass is 284 g/mol. The largest absolute Gasteiger partial charge is 0.360 e. The van der Waals surface area contributed by atoms with E-state index in [9.17, 15) is 8.42 Å². The van der Waals surface area contributed by atoms with Crippen LogP contribution in [-0.4, -0.2) is 29.9 Å². The highest BCUT2D eigenvalue weighted by Gasteiger charge is 2.23. The minimum Gasteiger partial charge on any atom is -0.360 e. The summed E-state index contributed by atoms with van der Waals surface area (Å²) < 4.78 is 33.3. The maximum Gasteiger partial charge on any atom is 0.245 e. The molecule has 8 heteroatoms. The van der Waals surface area contributed by atoms with E-state index >= 15 is 0 Å². The van der Waals surface area contributed by atoms with Crippen LogP contribution in [0.15, 0.2) is 21.8 Å². The Balaban J connectivity index is 2.03. The summed E-state index contributed by atoms with van der Waals surface area (Å²) in [6.45, 7) is 3.49. The van der Waals surface area contributed by atoms with E-state index in [2.05, 4.69) is 15.0 Å². The van der Waals surface area contributed by atoms with Gasteiger partial charge in [0, 0.05) is 19.8 Å². The van der Waals surface area contributed by atoms with Crippen molar-refractivity contribution in [1.82, 2.24) is 19.7 Å². The summed E-state index contributed by atoms with van der Waals surface area (Å²) >= 11 is 0. The van der Waals surface area contributed by atoms with Gasteiger partial charge < -0.3 is 4.52 Å². The molecule has 2 aromatic heterocycles. The predicted octanol–water partition coefficient (Wildman–Crippen LogP) is 0.546. The van der Waals surface area contributed by atoms with E-state index in [1.54, 1.807) is 24.7 Å². The highest BCUT2D eigenvalue weighted by Crippen LogP contribution is 2.18. The van der Waals surface area contributed by atoms with Gasteiger partial charge in [0.2, 0.25) is 10.0 Å². The van der Waals surface area contributed by atoms with Crippen molar-refractivity contribution < 1.29 is 12.9 Å². The van der Waals surface area contributed by atoms with Gasteiger partial charge in [-0.05, 0) is 25.8 Å². The maximum atomic E-state index is 12.1. The van der Waals surface area contributed by atoms with Gasteiger partial charge in [0.25, 0.3) is 0 Å². The molecule has 0 unspecified atom stereocenters. The molecule has 2 rings (SSSR count). The second kappa shape index (κ2) is 5.14. The third-order valence-electron chi connectivity index (χ3n) is 2.70. The molecular weight excluding hydrogens is 268 g/mol. The molecule has 1 N–H and O–H groups in total. The first-order chi connectivity index (χ1) is 8.90. The predicted molar refractivity (Wildman–Crippen MR) is 68.1 cm³/mol. The van der Waals surface area contributed by atoms with Gasteiger partial charge in [-0.25, -0.2) is 13.1 Å². The number of sulfonamides is 1. The lowest BCUT2D eigenvalue weighted by Crippen LogP contribution is -2.26. The Kier molecular flexibility index (Phi) is 3.72. The average molecular weight is 284 g/mol. The van der Waals surface area contributed by atoms with E-state index < -0.39 is 10.0 Å². The number of hydrogen-bond acceptors (Lipinski definition) is 5. The first kappa shape index (κ1) is 13.8. The highest BCUT2D eigenvalue weighted by molar-refractivity contribution is 7.89. The van der Waals surface area contributed by atoms with Crippen molar-refractivity contribution >= 4 is 10.0 Å². The normalized spacial score (nSPS) is 11.9. The van der Waals surface area contributed by atoms with Gasteiger partial charge in [0.15, 0.2) is 5.76 Å². The number of aromatic nitrogens is 3. The topological polar surface area (TPSA) is 90.0 Å². The summed E-state index contributed by atoms with van der Waals surface area (Å²) in [7, 11) is -1.76. The van der Waals surface area contributed by atoms with Crippen LogP contribution in [0.1, 0.15) is 17.0 Å². The minimum atomic E-state index is -3.58. The van der Waals surface area contributed by atoms with Gasteiger partial charge in [0.05, 0.1) is 6.20 Å². The molecule has 19 heavy (non-hydrogen) atoms. The molecule has 0 aliphatic rings.